The number of aromatic nitrogens is 2. The van der Waals surface area contributed by atoms with Crippen molar-refractivity contribution >= 4 is 58.1 Å². The molecule has 1 atom stereocenters. The zero-order valence-corrected chi connectivity index (χ0v) is 16.0. The zero-order valence-electron chi connectivity index (χ0n) is 13.5. The second-order valence-electron chi connectivity index (χ2n) is 4.97. The molecular weight excluding hydrogens is 380 g/mol. The highest BCUT2D eigenvalue weighted by Gasteiger charge is 2.19. The van der Waals surface area contributed by atoms with Gasteiger partial charge in [-0.3, -0.25) is 14.4 Å². The van der Waals surface area contributed by atoms with Gasteiger partial charge >= 0.3 is 0 Å². The molecule has 3 N–H and O–H groups in total. The van der Waals surface area contributed by atoms with E-state index < -0.39 is 5.91 Å². The van der Waals surface area contributed by atoms with Crippen LogP contribution in [0.15, 0.2) is 32.9 Å². The highest BCUT2D eigenvalue weighted by Crippen LogP contribution is 2.32. The molecule has 2 aromatic rings. The molecule has 0 unspecified atom stereocenters. The smallest absolute Gasteiger partial charge is 0.227 e. The summed E-state index contributed by atoms with van der Waals surface area (Å²) in [4.78, 5) is 34.3. The first kappa shape index (κ1) is 19.4. The summed E-state index contributed by atoms with van der Waals surface area (Å²) in [6.07, 6.45) is 0. The van der Waals surface area contributed by atoms with E-state index in [1.807, 2.05) is 0 Å². The maximum atomic E-state index is 12.5. The lowest BCUT2D eigenvalue weighted by molar-refractivity contribution is -0.116. The number of primary amides is 1. The molecule has 0 aliphatic carbocycles. The molecule has 10 heteroatoms. The van der Waals surface area contributed by atoms with Crippen LogP contribution in [-0.4, -0.2) is 38.8 Å². The average molecular weight is 397 g/mol. The molecular formula is C15H16N4O3S3. The first-order valence-corrected chi connectivity index (χ1v) is 9.86. The van der Waals surface area contributed by atoms with Crippen molar-refractivity contribution < 1.29 is 14.4 Å². The molecule has 0 aliphatic heterocycles. The van der Waals surface area contributed by atoms with E-state index >= 15 is 0 Å². The molecule has 25 heavy (non-hydrogen) atoms. The lowest BCUT2D eigenvalue weighted by Crippen LogP contribution is -2.13. The Morgan fingerprint density at radius 3 is 2.44 bits per heavy atom. The maximum Gasteiger partial charge on any atom is 0.227 e. The predicted molar refractivity (Wildman–Crippen MR) is 100 cm³/mol. The number of carbonyl (C=O) groups is 3. The van der Waals surface area contributed by atoms with Crippen molar-refractivity contribution in [2.24, 2.45) is 5.73 Å². The number of thioether (sulfide) groups is 2. The second kappa shape index (κ2) is 8.97. The van der Waals surface area contributed by atoms with Crippen molar-refractivity contribution in [2.45, 2.75) is 27.8 Å². The molecule has 0 radical (unpaired) electrons. The van der Waals surface area contributed by atoms with Gasteiger partial charge in [-0.1, -0.05) is 34.9 Å². The molecule has 1 heterocycles. The van der Waals surface area contributed by atoms with Gasteiger partial charge in [-0.25, -0.2) is 0 Å². The number of nitrogens with two attached hydrogens (primary N) is 1. The van der Waals surface area contributed by atoms with Gasteiger partial charge in [0.25, 0.3) is 0 Å². The number of hydrogen-bond acceptors (Lipinski definition) is 8. The Morgan fingerprint density at radius 1 is 1.20 bits per heavy atom. The van der Waals surface area contributed by atoms with Gasteiger partial charge in [-0.2, -0.15) is 0 Å². The Kier molecular flexibility index (Phi) is 6.97. The summed E-state index contributed by atoms with van der Waals surface area (Å²) in [5.74, 6) is -0.472. The highest BCUT2D eigenvalue weighted by molar-refractivity contribution is 8.04. The van der Waals surface area contributed by atoms with Crippen LogP contribution in [0.25, 0.3) is 0 Å². The number of benzene rings is 1. The Hall–Kier alpha value is -1.91. The monoisotopic (exact) mass is 396 g/mol. The van der Waals surface area contributed by atoms with Crippen molar-refractivity contribution in [3.63, 3.8) is 0 Å². The Balaban J connectivity index is 1.95. The average Bonchev–Trinajstić information content (AvgIpc) is 3.00. The summed E-state index contributed by atoms with van der Waals surface area (Å²) in [7, 11) is 0. The number of nitrogens with zero attached hydrogens (tertiary/aromatic N) is 2. The number of rotatable bonds is 8. The van der Waals surface area contributed by atoms with Crippen LogP contribution in [0.3, 0.4) is 0 Å². The molecule has 0 spiro atoms. The number of Topliss-reactive ketones (excluding diaryl/α,β-unsaturated/α-hetero) is 1. The molecule has 0 saturated heterocycles. The molecule has 0 bridgehead atoms. The van der Waals surface area contributed by atoms with E-state index in [-0.39, 0.29) is 22.7 Å². The van der Waals surface area contributed by atoms with Crippen molar-refractivity contribution in [1.29, 1.82) is 0 Å². The van der Waals surface area contributed by atoms with Crippen LogP contribution in [-0.2, 0) is 9.59 Å². The van der Waals surface area contributed by atoms with Crippen LogP contribution in [0.4, 0.5) is 5.69 Å². The molecule has 7 nitrogen and oxygen atoms in total. The standard InChI is InChI=1S/C15H16N4O3S3/c1-8(24-15-19-18-14(25-15)23-7-12(16)21)13(22)10-3-5-11(6-4-10)17-9(2)20/h3-6,8H,7H2,1-2H3,(H2,16,21)(H,17,20)/t8-/m0/s1. The van der Waals surface area contributed by atoms with E-state index in [4.69, 9.17) is 5.73 Å². The SMILES string of the molecule is CC(=O)Nc1ccc(C(=O)[C@H](C)Sc2nnc(SCC(N)=O)s2)cc1. The predicted octanol–water partition coefficient (Wildman–Crippen LogP) is 2.44. The topological polar surface area (TPSA) is 115 Å². The largest absolute Gasteiger partial charge is 0.369 e. The van der Waals surface area contributed by atoms with E-state index in [0.29, 0.717) is 19.9 Å². The van der Waals surface area contributed by atoms with Crippen LogP contribution in [0.5, 0.6) is 0 Å². The van der Waals surface area contributed by atoms with Gasteiger partial charge in [-0.05, 0) is 31.2 Å². The summed E-state index contributed by atoms with van der Waals surface area (Å²) in [6, 6.07) is 6.74. The highest BCUT2D eigenvalue weighted by atomic mass is 32.2. The lowest BCUT2D eigenvalue weighted by atomic mass is 10.1. The Bertz CT molecular complexity index is 777. The van der Waals surface area contributed by atoms with Crippen molar-refractivity contribution in [3.8, 4) is 0 Å². The molecule has 0 saturated carbocycles. The molecule has 0 aliphatic rings. The van der Waals surface area contributed by atoms with Crippen molar-refractivity contribution in [3.05, 3.63) is 29.8 Å². The van der Waals surface area contributed by atoms with E-state index in [2.05, 4.69) is 15.5 Å². The van der Waals surface area contributed by atoms with Crippen molar-refractivity contribution in [2.75, 3.05) is 11.1 Å². The summed E-state index contributed by atoms with van der Waals surface area (Å²) in [5.41, 5.74) is 6.29. The van der Waals surface area contributed by atoms with Crippen LogP contribution in [0, 0.1) is 0 Å². The third-order valence-electron chi connectivity index (χ3n) is 2.86. The fraction of sp³-hybridized carbons (Fsp3) is 0.267. The van der Waals surface area contributed by atoms with Gasteiger partial charge in [0.15, 0.2) is 14.5 Å². The van der Waals surface area contributed by atoms with Gasteiger partial charge in [0.1, 0.15) is 0 Å². The lowest BCUT2D eigenvalue weighted by Gasteiger charge is -2.09. The quantitative estimate of drug-likeness (QED) is 0.520. The first-order valence-electron chi connectivity index (χ1n) is 7.18. The molecule has 2 rings (SSSR count). The molecule has 1 aromatic carbocycles. The maximum absolute atomic E-state index is 12.5. The number of ketones is 1. The summed E-state index contributed by atoms with van der Waals surface area (Å²) in [5, 5.41) is 10.3. The number of amides is 2. The minimum atomic E-state index is -0.416. The normalized spacial score (nSPS) is 11.8. The summed E-state index contributed by atoms with van der Waals surface area (Å²) >= 11 is 3.86. The zero-order chi connectivity index (χ0) is 18.4. The van der Waals surface area contributed by atoms with Gasteiger partial charge in [0, 0.05) is 18.2 Å². The molecule has 0 fully saturated rings. The van der Waals surface area contributed by atoms with Gasteiger partial charge in [-0.15, -0.1) is 10.2 Å². The van der Waals surface area contributed by atoms with Gasteiger partial charge in [0.2, 0.25) is 11.8 Å². The van der Waals surface area contributed by atoms with Crippen LogP contribution < -0.4 is 11.1 Å². The van der Waals surface area contributed by atoms with Crippen LogP contribution in [0.1, 0.15) is 24.2 Å². The van der Waals surface area contributed by atoms with E-state index in [1.165, 1.54) is 41.8 Å². The summed E-state index contributed by atoms with van der Waals surface area (Å²) < 4.78 is 1.29. The van der Waals surface area contributed by atoms with Crippen LogP contribution in [0.2, 0.25) is 0 Å². The Labute approximate surface area is 157 Å². The Morgan fingerprint density at radius 2 is 1.84 bits per heavy atom. The second-order valence-corrected chi connectivity index (χ2v) is 8.76. The first-order chi connectivity index (χ1) is 11.8. The van der Waals surface area contributed by atoms with E-state index in [1.54, 1.807) is 31.2 Å². The van der Waals surface area contributed by atoms with Crippen molar-refractivity contribution in [1.82, 2.24) is 10.2 Å². The molecule has 132 valence electrons. The van der Waals surface area contributed by atoms with Crippen LogP contribution >= 0.6 is 34.9 Å². The number of anilines is 1. The fourth-order valence-corrected chi connectivity index (χ4v) is 4.78. The third-order valence-corrected chi connectivity index (χ3v) is 6.13. The van der Waals surface area contributed by atoms with Gasteiger partial charge in [0.05, 0.1) is 11.0 Å². The minimum Gasteiger partial charge on any atom is -0.369 e. The molecule has 2 amide bonds. The fourth-order valence-electron chi connectivity index (χ4n) is 1.80. The van der Waals surface area contributed by atoms with E-state index in [9.17, 15) is 14.4 Å². The number of hydrogen-bond donors (Lipinski definition) is 2. The third kappa shape index (κ3) is 6.15. The van der Waals surface area contributed by atoms with E-state index in [0.717, 1.165) is 0 Å². The van der Waals surface area contributed by atoms with Gasteiger partial charge < -0.3 is 11.1 Å². The summed E-state index contributed by atoms with van der Waals surface area (Å²) in [6.45, 7) is 3.22. The minimum absolute atomic E-state index is 0.0408. The molecule has 1 aromatic heterocycles. The number of nitrogens with one attached hydrogen (secondary N) is 1. The number of carbonyl (C=O) groups excluding carboxylic acids is 3.